The Morgan fingerprint density at radius 3 is 2.61 bits per heavy atom. The van der Waals surface area contributed by atoms with Crippen LogP contribution in [0, 0.1) is 23.6 Å². The number of nitrogens with one attached hydrogen (secondary N) is 1. The fourth-order valence-electron chi connectivity index (χ4n) is 4.83. The van der Waals surface area contributed by atoms with Gasteiger partial charge in [0.05, 0.1) is 5.69 Å². The molecule has 2 unspecified atom stereocenters. The number of hydrogen-bond acceptors (Lipinski definition) is 4. The summed E-state index contributed by atoms with van der Waals surface area (Å²) in [6, 6.07) is 3.28. The number of piperidine rings is 1. The maximum absolute atomic E-state index is 14.2. The molecule has 7 heteroatoms. The van der Waals surface area contributed by atoms with Crippen LogP contribution in [0.4, 0.5) is 14.9 Å². The number of rotatable bonds is 5. The lowest BCUT2D eigenvalue weighted by molar-refractivity contribution is 0.170. The minimum absolute atomic E-state index is 0.304. The van der Waals surface area contributed by atoms with Gasteiger partial charge in [0.15, 0.2) is 5.82 Å². The van der Waals surface area contributed by atoms with Crippen molar-refractivity contribution in [1.29, 1.82) is 0 Å². The Labute approximate surface area is 164 Å². The molecule has 1 saturated heterocycles. The summed E-state index contributed by atoms with van der Waals surface area (Å²) in [5.74, 6) is 1.33. The number of hydrogen-bond donors (Lipinski definition) is 2. The zero-order chi connectivity index (χ0) is 19.9. The van der Waals surface area contributed by atoms with Gasteiger partial charge in [-0.1, -0.05) is 0 Å². The van der Waals surface area contributed by atoms with Crippen LogP contribution in [0.3, 0.4) is 0 Å². The third kappa shape index (κ3) is 4.03. The normalized spacial score (nSPS) is 23.0. The molecule has 2 atom stereocenters. The van der Waals surface area contributed by atoms with Crippen LogP contribution < -0.4 is 10.2 Å². The number of anilines is 1. The minimum atomic E-state index is -0.990. The Kier molecular flexibility index (Phi) is 4.85. The molecule has 150 valence electrons. The Morgan fingerprint density at radius 2 is 1.93 bits per heavy atom. The molecule has 1 aromatic carbocycles. The molecule has 1 aromatic heterocycles. The van der Waals surface area contributed by atoms with Gasteiger partial charge in [0.1, 0.15) is 11.0 Å². The summed E-state index contributed by atoms with van der Waals surface area (Å²) in [5.41, 5.74) is 1.33. The van der Waals surface area contributed by atoms with E-state index in [0.717, 1.165) is 37.5 Å². The van der Waals surface area contributed by atoms with Gasteiger partial charge in [0, 0.05) is 31.0 Å². The second-order valence-electron chi connectivity index (χ2n) is 8.94. The number of nitrogens with zero attached hydrogens (tertiary/aromatic N) is 3. The van der Waals surface area contributed by atoms with Crippen molar-refractivity contribution in [3.05, 3.63) is 30.3 Å². The first-order valence-electron chi connectivity index (χ1n) is 9.98. The lowest BCUT2D eigenvalue weighted by Crippen LogP contribution is -2.48. The van der Waals surface area contributed by atoms with E-state index in [1.807, 2.05) is 13.8 Å². The summed E-state index contributed by atoms with van der Waals surface area (Å²) in [6.07, 6.45) is 6.54. The van der Waals surface area contributed by atoms with Crippen LogP contribution in [0.25, 0.3) is 11.0 Å². The highest BCUT2D eigenvalue weighted by Gasteiger charge is 2.39. The predicted octanol–water partition coefficient (Wildman–Crippen LogP) is 4.06. The van der Waals surface area contributed by atoms with Gasteiger partial charge in [-0.25, -0.2) is 14.2 Å². The van der Waals surface area contributed by atoms with Crippen molar-refractivity contribution in [2.75, 3.05) is 18.0 Å². The standard InChI is InChI=1S/C21H27FN4O2/c1-21(2,25-20(27)28)10-13-9-15(14-3-4-14)12-26(11-13)17-6-5-16(22)18-19(17)24-8-7-23-18/h5-8,13-15,25H,3-4,9-12H2,1-2H3,(H,27,28). The average Bonchev–Trinajstić information content (AvgIpc) is 3.45. The molecule has 1 saturated carbocycles. The molecule has 0 bridgehead atoms. The van der Waals surface area contributed by atoms with Gasteiger partial charge in [-0.3, -0.25) is 4.98 Å². The fraction of sp³-hybridized carbons (Fsp3) is 0.571. The van der Waals surface area contributed by atoms with E-state index in [1.54, 1.807) is 12.3 Å². The number of benzene rings is 1. The van der Waals surface area contributed by atoms with Gasteiger partial charge in [0.25, 0.3) is 0 Å². The van der Waals surface area contributed by atoms with Gasteiger partial charge >= 0.3 is 6.09 Å². The predicted molar refractivity (Wildman–Crippen MR) is 106 cm³/mol. The number of carbonyl (C=O) groups is 1. The maximum Gasteiger partial charge on any atom is 0.405 e. The summed E-state index contributed by atoms with van der Waals surface area (Å²) >= 11 is 0. The summed E-state index contributed by atoms with van der Waals surface area (Å²) in [7, 11) is 0. The molecule has 28 heavy (non-hydrogen) atoms. The number of fused-ring (bicyclic) bond motifs is 1. The van der Waals surface area contributed by atoms with Crippen molar-refractivity contribution in [3.63, 3.8) is 0 Å². The van der Waals surface area contributed by atoms with Gasteiger partial charge in [-0.15, -0.1) is 0 Å². The second kappa shape index (κ2) is 7.18. The molecular formula is C21H27FN4O2. The third-order valence-corrected chi connectivity index (χ3v) is 6.00. The molecule has 2 N–H and O–H groups in total. The molecule has 1 aliphatic heterocycles. The maximum atomic E-state index is 14.2. The monoisotopic (exact) mass is 386 g/mol. The molecule has 2 heterocycles. The van der Waals surface area contributed by atoms with E-state index in [1.165, 1.54) is 25.1 Å². The Balaban J connectivity index is 1.62. The van der Waals surface area contributed by atoms with Crippen LogP contribution in [0.1, 0.15) is 39.5 Å². The first-order chi connectivity index (χ1) is 13.3. The van der Waals surface area contributed by atoms with Crippen LogP contribution in [-0.4, -0.2) is 39.8 Å². The zero-order valence-electron chi connectivity index (χ0n) is 16.4. The topological polar surface area (TPSA) is 78.4 Å². The van der Waals surface area contributed by atoms with Crippen LogP contribution in [0.15, 0.2) is 24.5 Å². The summed E-state index contributed by atoms with van der Waals surface area (Å²) in [4.78, 5) is 22.0. The van der Waals surface area contributed by atoms with E-state index in [-0.39, 0.29) is 5.82 Å². The van der Waals surface area contributed by atoms with Crippen molar-refractivity contribution in [2.24, 2.45) is 17.8 Å². The van der Waals surface area contributed by atoms with E-state index in [4.69, 9.17) is 5.11 Å². The first kappa shape index (κ1) is 18.9. The Morgan fingerprint density at radius 1 is 1.21 bits per heavy atom. The summed E-state index contributed by atoms with van der Waals surface area (Å²) in [5, 5.41) is 11.8. The summed E-state index contributed by atoms with van der Waals surface area (Å²) < 4.78 is 14.2. The lowest BCUT2D eigenvalue weighted by Gasteiger charge is -2.42. The number of amides is 1. The molecule has 2 aromatic rings. The van der Waals surface area contributed by atoms with Gasteiger partial charge in [-0.2, -0.15) is 0 Å². The van der Waals surface area contributed by atoms with Gasteiger partial charge in [0.2, 0.25) is 0 Å². The van der Waals surface area contributed by atoms with E-state index in [0.29, 0.717) is 22.9 Å². The highest BCUT2D eigenvalue weighted by atomic mass is 19.1. The zero-order valence-corrected chi connectivity index (χ0v) is 16.4. The molecule has 2 aliphatic rings. The molecule has 2 fully saturated rings. The molecule has 0 spiro atoms. The number of carboxylic acid groups (broad SMARTS) is 1. The summed E-state index contributed by atoms with van der Waals surface area (Å²) in [6.45, 7) is 5.62. The van der Waals surface area contributed by atoms with E-state index < -0.39 is 11.6 Å². The Bertz CT molecular complexity index is 884. The van der Waals surface area contributed by atoms with Crippen molar-refractivity contribution in [1.82, 2.24) is 15.3 Å². The van der Waals surface area contributed by atoms with Crippen LogP contribution >= 0.6 is 0 Å². The minimum Gasteiger partial charge on any atom is -0.465 e. The van der Waals surface area contributed by atoms with E-state index >= 15 is 0 Å². The molecule has 4 rings (SSSR count). The largest absolute Gasteiger partial charge is 0.465 e. The lowest BCUT2D eigenvalue weighted by atomic mass is 9.79. The molecule has 1 aliphatic carbocycles. The van der Waals surface area contributed by atoms with Gasteiger partial charge in [-0.05, 0) is 69.4 Å². The molecule has 6 nitrogen and oxygen atoms in total. The Hall–Kier alpha value is -2.44. The third-order valence-electron chi connectivity index (χ3n) is 6.00. The van der Waals surface area contributed by atoms with Crippen molar-refractivity contribution in [3.8, 4) is 0 Å². The first-order valence-corrected chi connectivity index (χ1v) is 9.98. The number of aromatic nitrogens is 2. The molecule has 0 radical (unpaired) electrons. The SMILES string of the molecule is CC(C)(CC1CC(C2CC2)CN(c2ccc(F)c3nccnc23)C1)NC(=O)O. The van der Waals surface area contributed by atoms with Crippen molar-refractivity contribution in [2.45, 2.75) is 45.1 Å². The smallest absolute Gasteiger partial charge is 0.405 e. The average molecular weight is 386 g/mol. The van der Waals surface area contributed by atoms with E-state index in [9.17, 15) is 9.18 Å². The molecular weight excluding hydrogens is 359 g/mol. The van der Waals surface area contributed by atoms with Crippen molar-refractivity contribution >= 4 is 22.8 Å². The van der Waals surface area contributed by atoms with Crippen LogP contribution in [0.2, 0.25) is 0 Å². The van der Waals surface area contributed by atoms with Crippen LogP contribution in [0.5, 0.6) is 0 Å². The number of halogens is 1. The fourth-order valence-corrected chi connectivity index (χ4v) is 4.83. The van der Waals surface area contributed by atoms with Gasteiger partial charge < -0.3 is 15.3 Å². The van der Waals surface area contributed by atoms with Crippen LogP contribution in [-0.2, 0) is 0 Å². The van der Waals surface area contributed by atoms with Crippen molar-refractivity contribution < 1.29 is 14.3 Å². The quantitative estimate of drug-likeness (QED) is 0.810. The van der Waals surface area contributed by atoms with E-state index in [2.05, 4.69) is 20.2 Å². The second-order valence-corrected chi connectivity index (χ2v) is 8.94. The highest BCUT2D eigenvalue weighted by Crippen LogP contribution is 2.44. The highest BCUT2D eigenvalue weighted by molar-refractivity contribution is 5.88. The molecule has 1 amide bonds.